The molecule has 0 radical (unpaired) electrons. The Hall–Kier alpha value is -1.90. The van der Waals surface area contributed by atoms with Crippen LogP contribution in [0, 0.1) is 0 Å². The Labute approximate surface area is 177 Å². The second-order valence-corrected chi connectivity index (χ2v) is 6.90. The number of halogens is 2. The lowest BCUT2D eigenvalue weighted by Gasteiger charge is -2.35. The molecule has 4 rings (SSSR count). The summed E-state index contributed by atoms with van der Waals surface area (Å²) in [6.45, 7) is 4.03. The van der Waals surface area contributed by atoms with Gasteiger partial charge in [0, 0.05) is 58.4 Å². The van der Waals surface area contributed by atoms with Crippen LogP contribution in [0.1, 0.15) is 41.6 Å². The molecule has 0 saturated carbocycles. The van der Waals surface area contributed by atoms with Crippen molar-refractivity contribution < 1.29 is 4.79 Å². The summed E-state index contributed by atoms with van der Waals surface area (Å²) in [7, 11) is 1.96. The van der Waals surface area contributed by atoms with E-state index in [0.29, 0.717) is 24.7 Å². The number of piperidine rings is 1. The van der Waals surface area contributed by atoms with Crippen LogP contribution in [-0.4, -0.2) is 63.0 Å². The van der Waals surface area contributed by atoms with Crippen LogP contribution < -0.4 is 10.2 Å². The Morgan fingerprint density at radius 2 is 1.89 bits per heavy atom. The first kappa shape index (κ1) is 22.4. The number of aryl methyl sites for hydroxylation is 1. The minimum atomic E-state index is -0.0929. The zero-order valence-corrected chi connectivity index (χ0v) is 17.6. The van der Waals surface area contributed by atoms with Crippen molar-refractivity contribution in [2.75, 3.05) is 37.6 Å². The lowest BCUT2D eigenvalue weighted by Crippen LogP contribution is -2.49. The van der Waals surface area contributed by atoms with Crippen LogP contribution in [0.5, 0.6) is 0 Å². The monoisotopic (exact) mass is 427 g/mol. The Kier molecular flexibility index (Phi) is 8.03. The fraction of sp³-hybridized carbons (Fsp3) is 0.556. The van der Waals surface area contributed by atoms with E-state index in [0.717, 1.165) is 38.3 Å². The number of rotatable bonds is 3. The van der Waals surface area contributed by atoms with Gasteiger partial charge in [-0.05, 0) is 25.3 Å². The lowest BCUT2D eigenvalue weighted by atomic mass is 10.1. The van der Waals surface area contributed by atoms with E-state index in [4.69, 9.17) is 0 Å². The molecule has 0 aliphatic carbocycles. The van der Waals surface area contributed by atoms with Gasteiger partial charge in [-0.25, -0.2) is 15.0 Å². The molecule has 1 N–H and O–H groups in total. The van der Waals surface area contributed by atoms with Crippen molar-refractivity contribution in [1.82, 2.24) is 29.7 Å². The fourth-order valence-electron chi connectivity index (χ4n) is 3.74. The van der Waals surface area contributed by atoms with Crippen LogP contribution in [0.3, 0.4) is 0 Å². The van der Waals surface area contributed by atoms with E-state index in [2.05, 4.69) is 25.2 Å². The molecule has 2 aromatic heterocycles. The van der Waals surface area contributed by atoms with Crippen molar-refractivity contribution in [3.8, 4) is 0 Å². The molecule has 2 fully saturated rings. The number of aromatic nitrogens is 4. The summed E-state index contributed by atoms with van der Waals surface area (Å²) in [5, 5.41) is 3.36. The summed E-state index contributed by atoms with van der Waals surface area (Å²) in [5.41, 5.74) is 0.460. The smallest absolute Gasteiger partial charge is 0.273 e. The summed E-state index contributed by atoms with van der Waals surface area (Å²) in [4.78, 5) is 30.7. The summed E-state index contributed by atoms with van der Waals surface area (Å²) in [5.74, 6) is 1.50. The second-order valence-electron chi connectivity index (χ2n) is 6.90. The van der Waals surface area contributed by atoms with Crippen molar-refractivity contribution in [1.29, 1.82) is 0 Å². The summed E-state index contributed by atoms with van der Waals surface area (Å²) in [6.07, 6.45) is 8.93. The molecule has 2 aliphatic rings. The van der Waals surface area contributed by atoms with Gasteiger partial charge in [-0.1, -0.05) is 0 Å². The first-order valence-corrected chi connectivity index (χ1v) is 9.31. The zero-order chi connectivity index (χ0) is 17.9. The topological polar surface area (TPSA) is 79.2 Å². The number of amides is 1. The molecule has 1 atom stereocenters. The molecule has 154 valence electrons. The number of piperazine rings is 1. The van der Waals surface area contributed by atoms with Gasteiger partial charge >= 0.3 is 0 Å². The van der Waals surface area contributed by atoms with Crippen molar-refractivity contribution in [2.24, 2.45) is 7.05 Å². The van der Waals surface area contributed by atoms with Crippen molar-refractivity contribution in [2.45, 2.75) is 25.3 Å². The van der Waals surface area contributed by atoms with Gasteiger partial charge in [0.15, 0.2) is 0 Å². The number of carbonyl (C=O) groups excluding carboxylic acids is 1. The molecule has 2 saturated heterocycles. The Morgan fingerprint density at radius 1 is 1.11 bits per heavy atom. The summed E-state index contributed by atoms with van der Waals surface area (Å²) in [6, 6.07) is 1.62. The maximum Gasteiger partial charge on any atom is 0.273 e. The molecule has 4 heterocycles. The molecule has 1 unspecified atom stereocenters. The minimum Gasteiger partial charge on any atom is -0.341 e. The van der Waals surface area contributed by atoms with Gasteiger partial charge in [-0.15, -0.1) is 24.8 Å². The molecular formula is C18H27Cl2N7O. The molecule has 0 bridgehead atoms. The highest BCUT2D eigenvalue weighted by atomic mass is 35.5. The number of carbonyl (C=O) groups is 1. The normalized spacial score (nSPS) is 19.5. The van der Waals surface area contributed by atoms with Gasteiger partial charge in [-0.3, -0.25) is 4.79 Å². The number of hydrogen-bond donors (Lipinski definition) is 1. The largest absolute Gasteiger partial charge is 0.341 e. The van der Waals surface area contributed by atoms with E-state index in [1.807, 2.05) is 22.7 Å². The maximum absolute atomic E-state index is 13.2. The molecule has 28 heavy (non-hydrogen) atoms. The molecule has 0 aromatic carbocycles. The van der Waals surface area contributed by atoms with Gasteiger partial charge in [-0.2, -0.15) is 0 Å². The van der Waals surface area contributed by atoms with E-state index >= 15 is 0 Å². The molecule has 2 aliphatic heterocycles. The highest BCUT2D eigenvalue weighted by Gasteiger charge is 2.32. The zero-order valence-electron chi connectivity index (χ0n) is 16.0. The molecule has 1 amide bonds. The van der Waals surface area contributed by atoms with Gasteiger partial charge < -0.3 is 19.7 Å². The number of anilines is 1. The van der Waals surface area contributed by atoms with Crippen LogP contribution in [0.15, 0.2) is 24.7 Å². The number of nitrogens with zero attached hydrogens (tertiary/aromatic N) is 6. The molecular weight excluding hydrogens is 401 g/mol. The average Bonchev–Trinajstić information content (AvgIpc) is 3.14. The molecule has 2 aromatic rings. The second kappa shape index (κ2) is 10.0. The van der Waals surface area contributed by atoms with Crippen LogP contribution in [0.25, 0.3) is 0 Å². The lowest BCUT2D eigenvalue weighted by molar-refractivity contribution is 0.0614. The summed E-state index contributed by atoms with van der Waals surface area (Å²) >= 11 is 0. The molecule has 0 spiro atoms. The first-order valence-electron chi connectivity index (χ1n) is 9.31. The number of hydrogen-bond acceptors (Lipinski definition) is 6. The van der Waals surface area contributed by atoms with Crippen molar-refractivity contribution in [3.63, 3.8) is 0 Å². The third-order valence-electron chi connectivity index (χ3n) is 5.16. The Bertz CT molecular complexity index is 779. The molecule has 8 nitrogen and oxygen atoms in total. The summed E-state index contributed by atoms with van der Waals surface area (Å²) < 4.78 is 1.97. The van der Waals surface area contributed by atoms with Gasteiger partial charge in [0.05, 0.1) is 0 Å². The van der Waals surface area contributed by atoms with E-state index < -0.39 is 0 Å². The van der Waals surface area contributed by atoms with Crippen molar-refractivity contribution in [3.05, 3.63) is 36.2 Å². The van der Waals surface area contributed by atoms with E-state index in [1.165, 1.54) is 6.42 Å². The Morgan fingerprint density at radius 3 is 2.61 bits per heavy atom. The SMILES string of the molecule is Cl.Cl.Cn1ccnc1C1CNCCN1C(=O)c1ccnc(N2CCCCC2)n1. The highest BCUT2D eigenvalue weighted by molar-refractivity contribution is 5.93. The van der Waals surface area contributed by atoms with E-state index in [9.17, 15) is 4.79 Å². The van der Waals surface area contributed by atoms with E-state index in [1.54, 1.807) is 18.5 Å². The standard InChI is InChI=1S/C18H25N7O.2ClH/c1-23-11-8-20-16(23)15-13-19-7-12-25(15)17(26)14-5-6-21-18(22-14)24-9-3-2-4-10-24;;/h5-6,8,11,15,19H,2-4,7,9-10,12-13H2,1H3;2*1H. The van der Waals surface area contributed by atoms with Gasteiger partial charge in [0.1, 0.15) is 17.6 Å². The maximum atomic E-state index is 13.2. The van der Waals surface area contributed by atoms with Crippen LogP contribution in [0.4, 0.5) is 5.95 Å². The van der Waals surface area contributed by atoms with E-state index in [-0.39, 0.29) is 36.8 Å². The van der Waals surface area contributed by atoms with Gasteiger partial charge in [0.2, 0.25) is 5.95 Å². The van der Waals surface area contributed by atoms with Crippen LogP contribution >= 0.6 is 24.8 Å². The Balaban J connectivity index is 0.00000140. The predicted molar refractivity (Wildman–Crippen MR) is 112 cm³/mol. The quantitative estimate of drug-likeness (QED) is 0.804. The van der Waals surface area contributed by atoms with Crippen molar-refractivity contribution >= 4 is 36.7 Å². The van der Waals surface area contributed by atoms with Gasteiger partial charge in [0.25, 0.3) is 5.91 Å². The highest BCUT2D eigenvalue weighted by Crippen LogP contribution is 2.23. The number of nitrogens with one attached hydrogen (secondary N) is 1. The fourth-order valence-corrected chi connectivity index (χ4v) is 3.74. The third-order valence-corrected chi connectivity index (χ3v) is 5.16. The first-order chi connectivity index (χ1) is 12.7. The molecule has 10 heteroatoms. The third kappa shape index (κ3) is 4.56. The number of imidazole rings is 1. The van der Waals surface area contributed by atoms with Crippen LogP contribution in [-0.2, 0) is 7.05 Å². The van der Waals surface area contributed by atoms with Crippen LogP contribution in [0.2, 0.25) is 0 Å². The minimum absolute atomic E-state index is 0. The average molecular weight is 428 g/mol. The predicted octanol–water partition coefficient (Wildman–Crippen LogP) is 1.83.